The minimum Gasteiger partial charge on any atom is -0.497 e. The SMILES string of the molecule is CCC(NC(C)C(N)=O)c1ccc(OC)cc1. The number of nitrogens with one attached hydrogen (secondary N) is 1. The molecule has 1 aromatic rings. The maximum absolute atomic E-state index is 11.0. The topological polar surface area (TPSA) is 64.3 Å². The first-order chi connectivity index (χ1) is 8.08. The minimum atomic E-state index is -0.336. The number of hydrogen-bond donors (Lipinski definition) is 2. The van der Waals surface area contributed by atoms with Gasteiger partial charge in [-0.05, 0) is 31.0 Å². The lowest BCUT2D eigenvalue weighted by molar-refractivity contribution is -0.119. The summed E-state index contributed by atoms with van der Waals surface area (Å²) >= 11 is 0. The Morgan fingerprint density at radius 3 is 2.41 bits per heavy atom. The van der Waals surface area contributed by atoms with Crippen molar-refractivity contribution in [1.29, 1.82) is 0 Å². The second-order valence-electron chi connectivity index (χ2n) is 4.02. The summed E-state index contributed by atoms with van der Waals surface area (Å²) in [6, 6.07) is 7.61. The van der Waals surface area contributed by atoms with E-state index in [1.54, 1.807) is 14.0 Å². The monoisotopic (exact) mass is 236 g/mol. The summed E-state index contributed by atoms with van der Waals surface area (Å²) in [5, 5.41) is 3.20. The van der Waals surface area contributed by atoms with Gasteiger partial charge in [-0.3, -0.25) is 10.1 Å². The summed E-state index contributed by atoms with van der Waals surface area (Å²) in [5.41, 5.74) is 6.37. The Hall–Kier alpha value is -1.55. The third-order valence-electron chi connectivity index (χ3n) is 2.80. The van der Waals surface area contributed by atoms with Crippen molar-refractivity contribution < 1.29 is 9.53 Å². The molecule has 0 fully saturated rings. The number of ether oxygens (including phenoxy) is 1. The maximum atomic E-state index is 11.0. The molecule has 4 nitrogen and oxygen atoms in total. The average Bonchev–Trinajstić information content (AvgIpc) is 2.35. The van der Waals surface area contributed by atoms with Gasteiger partial charge in [0.2, 0.25) is 5.91 Å². The van der Waals surface area contributed by atoms with Crippen molar-refractivity contribution in [2.24, 2.45) is 5.73 Å². The highest BCUT2D eigenvalue weighted by molar-refractivity contribution is 5.79. The van der Waals surface area contributed by atoms with Crippen LogP contribution in [0, 0.1) is 0 Å². The van der Waals surface area contributed by atoms with E-state index in [4.69, 9.17) is 10.5 Å². The number of rotatable bonds is 6. The lowest BCUT2D eigenvalue weighted by Gasteiger charge is -2.21. The highest BCUT2D eigenvalue weighted by atomic mass is 16.5. The van der Waals surface area contributed by atoms with Crippen molar-refractivity contribution in [2.75, 3.05) is 7.11 Å². The molecule has 2 unspecified atom stereocenters. The van der Waals surface area contributed by atoms with Crippen LogP contribution in [0.2, 0.25) is 0 Å². The largest absolute Gasteiger partial charge is 0.497 e. The van der Waals surface area contributed by atoms with Gasteiger partial charge >= 0.3 is 0 Å². The van der Waals surface area contributed by atoms with Crippen LogP contribution in [0.3, 0.4) is 0 Å². The first kappa shape index (κ1) is 13.5. The van der Waals surface area contributed by atoms with Gasteiger partial charge in [0.15, 0.2) is 0 Å². The Bertz CT molecular complexity index is 362. The number of carbonyl (C=O) groups excluding carboxylic acids is 1. The first-order valence-electron chi connectivity index (χ1n) is 5.77. The third kappa shape index (κ3) is 3.75. The molecule has 0 bridgehead atoms. The molecule has 1 rings (SSSR count). The minimum absolute atomic E-state index is 0.128. The summed E-state index contributed by atoms with van der Waals surface area (Å²) in [6.45, 7) is 3.84. The van der Waals surface area contributed by atoms with Crippen LogP contribution in [0.4, 0.5) is 0 Å². The maximum Gasteiger partial charge on any atom is 0.234 e. The van der Waals surface area contributed by atoms with E-state index in [1.807, 2.05) is 24.3 Å². The first-order valence-corrected chi connectivity index (χ1v) is 5.77. The molecule has 0 saturated carbocycles. The fraction of sp³-hybridized carbons (Fsp3) is 0.462. The Kier molecular flexibility index (Phi) is 4.97. The molecular formula is C13H20N2O2. The third-order valence-corrected chi connectivity index (χ3v) is 2.80. The lowest BCUT2D eigenvalue weighted by atomic mass is 10.0. The van der Waals surface area contributed by atoms with E-state index in [9.17, 15) is 4.79 Å². The zero-order chi connectivity index (χ0) is 12.8. The molecule has 1 amide bonds. The van der Waals surface area contributed by atoms with Gasteiger partial charge in [0.1, 0.15) is 5.75 Å². The quantitative estimate of drug-likeness (QED) is 0.788. The molecule has 94 valence electrons. The standard InChI is InChI=1S/C13H20N2O2/c1-4-12(15-9(2)13(14)16)10-5-7-11(17-3)8-6-10/h5-9,12,15H,4H2,1-3H3,(H2,14,16). The molecule has 3 N–H and O–H groups in total. The number of carbonyl (C=O) groups is 1. The van der Waals surface area contributed by atoms with Gasteiger partial charge in [0, 0.05) is 6.04 Å². The molecule has 0 heterocycles. The summed E-state index contributed by atoms with van der Waals surface area (Å²) < 4.78 is 5.11. The molecule has 17 heavy (non-hydrogen) atoms. The number of methoxy groups -OCH3 is 1. The van der Waals surface area contributed by atoms with Gasteiger partial charge in [0.05, 0.1) is 13.2 Å². The molecule has 0 saturated heterocycles. The molecule has 0 aliphatic heterocycles. The Labute approximate surface area is 102 Å². The summed E-state index contributed by atoms with van der Waals surface area (Å²) in [6.07, 6.45) is 0.893. The number of hydrogen-bond acceptors (Lipinski definition) is 3. The number of primary amides is 1. The summed E-state index contributed by atoms with van der Waals surface area (Å²) in [5.74, 6) is 0.489. The van der Waals surface area contributed by atoms with Crippen LogP contribution in [-0.2, 0) is 4.79 Å². The second kappa shape index (κ2) is 6.25. The normalized spacial score (nSPS) is 14.1. The van der Waals surface area contributed by atoms with E-state index in [-0.39, 0.29) is 18.0 Å². The molecule has 2 atom stereocenters. The van der Waals surface area contributed by atoms with Crippen molar-refractivity contribution in [1.82, 2.24) is 5.32 Å². The van der Waals surface area contributed by atoms with Crippen LogP contribution >= 0.6 is 0 Å². The van der Waals surface area contributed by atoms with Crippen LogP contribution in [0.1, 0.15) is 31.9 Å². The van der Waals surface area contributed by atoms with E-state index in [2.05, 4.69) is 12.2 Å². The lowest BCUT2D eigenvalue weighted by Crippen LogP contribution is -2.40. The molecule has 0 radical (unpaired) electrons. The van der Waals surface area contributed by atoms with Gasteiger partial charge in [-0.1, -0.05) is 19.1 Å². The Morgan fingerprint density at radius 1 is 1.41 bits per heavy atom. The van der Waals surface area contributed by atoms with Crippen molar-refractivity contribution in [3.05, 3.63) is 29.8 Å². The summed E-state index contributed by atoms with van der Waals surface area (Å²) in [7, 11) is 1.64. The number of benzene rings is 1. The highest BCUT2D eigenvalue weighted by Gasteiger charge is 2.15. The second-order valence-corrected chi connectivity index (χ2v) is 4.02. The molecular weight excluding hydrogens is 216 g/mol. The Balaban J connectivity index is 2.75. The van der Waals surface area contributed by atoms with Gasteiger partial charge in [0.25, 0.3) is 0 Å². The van der Waals surface area contributed by atoms with Crippen LogP contribution in [0.5, 0.6) is 5.75 Å². The predicted octanol–water partition coefficient (Wildman–Crippen LogP) is 1.61. The smallest absolute Gasteiger partial charge is 0.234 e. The molecule has 0 aliphatic carbocycles. The number of nitrogens with two attached hydrogens (primary N) is 1. The van der Waals surface area contributed by atoms with Gasteiger partial charge in [-0.25, -0.2) is 0 Å². The molecule has 0 spiro atoms. The van der Waals surface area contributed by atoms with Crippen molar-refractivity contribution in [3.63, 3.8) is 0 Å². The van der Waals surface area contributed by atoms with Gasteiger partial charge < -0.3 is 10.5 Å². The van der Waals surface area contributed by atoms with E-state index in [0.29, 0.717) is 0 Å². The molecule has 1 aromatic carbocycles. The summed E-state index contributed by atoms with van der Waals surface area (Å²) in [4.78, 5) is 11.0. The van der Waals surface area contributed by atoms with Crippen LogP contribution in [-0.4, -0.2) is 19.1 Å². The van der Waals surface area contributed by atoms with Crippen LogP contribution < -0.4 is 15.8 Å². The number of amides is 1. The van der Waals surface area contributed by atoms with Crippen molar-refractivity contribution in [2.45, 2.75) is 32.4 Å². The van der Waals surface area contributed by atoms with Gasteiger partial charge in [-0.15, -0.1) is 0 Å². The zero-order valence-electron chi connectivity index (χ0n) is 10.6. The van der Waals surface area contributed by atoms with Crippen LogP contribution in [0.15, 0.2) is 24.3 Å². The van der Waals surface area contributed by atoms with E-state index in [0.717, 1.165) is 17.7 Å². The fourth-order valence-electron chi connectivity index (χ4n) is 1.67. The van der Waals surface area contributed by atoms with Crippen molar-refractivity contribution in [3.8, 4) is 5.75 Å². The molecule has 0 aliphatic rings. The molecule has 4 heteroatoms. The highest BCUT2D eigenvalue weighted by Crippen LogP contribution is 2.20. The predicted molar refractivity (Wildman–Crippen MR) is 67.8 cm³/mol. The molecule has 0 aromatic heterocycles. The fourth-order valence-corrected chi connectivity index (χ4v) is 1.67. The van der Waals surface area contributed by atoms with E-state index >= 15 is 0 Å². The van der Waals surface area contributed by atoms with E-state index < -0.39 is 0 Å². The van der Waals surface area contributed by atoms with E-state index in [1.165, 1.54) is 0 Å². The van der Waals surface area contributed by atoms with Crippen molar-refractivity contribution >= 4 is 5.91 Å². The zero-order valence-corrected chi connectivity index (χ0v) is 10.6. The van der Waals surface area contributed by atoms with Crippen LogP contribution in [0.25, 0.3) is 0 Å². The Morgan fingerprint density at radius 2 is 2.00 bits per heavy atom. The van der Waals surface area contributed by atoms with Gasteiger partial charge in [-0.2, -0.15) is 0 Å². The average molecular weight is 236 g/mol.